The Morgan fingerprint density at radius 3 is 1.78 bits per heavy atom. The molecule has 0 bridgehead atoms. The average molecular weight is 254 g/mol. The van der Waals surface area contributed by atoms with Gasteiger partial charge in [-0.25, -0.2) is 9.59 Å². The number of carbonyl (C=O) groups excluding carboxylic acids is 2. The van der Waals surface area contributed by atoms with Crippen molar-refractivity contribution in [1.29, 1.82) is 0 Å². The lowest BCUT2D eigenvalue weighted by molar-refractivity contribution is -0.137. The second kappa shape index (κ2) is 4.72. The molecule has 2 aliphatic rings. The maximum Gasteiger partial charge on any atom is 0.338 e. The number of hydrogen-bond acceptors (Lipinski definition) is 6. The zero-order chi connectivity index (χ0) is 13.3. The van der Waals surface area contributed by atoms with Gasteiger partial charge in [0.15, 0.2) is 0 Å². The van der Waals surface area contributed by atoms with Crippen molar-refractivity contribution < 1.29 is 29.3 Å². The normalized spacial score (nSPS) is 19.9. The van der Waals surface area contributed by atoms with Gasteiger partial charge in [-0.15, -0.1) is 0 Å². The maximum absolute atomic E-state index is 11.6. The molecule has 0 aromatic carbocycles. The third-order valence-electron chi connectivity index (χ3n) is 3.02. The smallest absolute Gasteiger partial charge is 0.338 e. The van der Waals surface area contributed by atoms with E-state index in [1.54, 1.807) is 0 Å². The Hall–Kier alpha value is -1.98. The minimum atomic E-state index is -0.667. The topological polar surface area (TPSA) is 93.1 Å². The van der Waals surface area contributed by atoms with Crippen molar-refractivity contribution in [2.24, 2.45) is 5.92 Å². The molecule has 0 saturated carbocycles. The van der Waals surface area contributed by atoms with Gasteiger partial charge < -0.3 is 19.7 Å². The van der Waals surface area contributed by atoms with Gasteiger partial charge in [0.1, 0.15) is 24.7 Å². The molecule has 0 fully saturated rings. The van der Waals surface area contributed by atoms with Crippen LogP contribution in [-0.4, -0.2) is 35.4 Å². The van der Waals surface area contributed by atoms with Crippen LogP contribution in [0.2, 0.25) is 0 Å². The molecule has 2 aliphatic heterocycles. The van der Waals surface area contributed by atoms with E-state index < -0.39 is 17.9 Å². The average Bonchev–Trinajstić information content (AvgIpc) is 2.82. The molecule has 0 aliphatic carbocycles. The summed E-state index contributed by atoms with van der Waals surface area (Å²) < 4.78 is 9.43. The van der Waals surface area contributed by atoms with Crippen LogP contribution in [0.3, 0.4) is 0 Å². The SMILES string of the molecule is CCCC(C1=C(O)COC1=O)C1=C(O)COC1=O. The molecule has 0 aromatic heterocycles. The van der Waals surface area contributed by atoms with Crippen LogP contribution in [-0.2, 0) is 19.1 Å². The lowest BCUT2D eigenvalue weighted by Crippen LogP contribution is -2.18. The van der Waals surface area contributed by atoms with Crippen molar-refractivity contribution in [3.8, 4) is 0 Å². The molecule has 0 radical (unpaired) electrons. The zero-order valence-corrected chi connectivity index (χ0v) is 9.93. The van der Waals surface area contributed by atoms with Gasteiger partial charge in [0, 0.05) is 5.92 Å². The summed E-state index contributed by atoms with van der Waals surface area (Å²) in [6.07, 6.45) is 1.13. The molecule has 0 aromatic rings. The van der Waals surface area contributed by atoms with E-state index in [4.69, 9.17) is 9.47 Å². The van der Waals surface area contributed by atoms with Gasteiger partial charge in [-0.2, -0.15) is 0 Å². The molecule has 0 atom stereocenters. The van der Waals surface area contributed by atoms with Crippen LogP contribution in [0.1, 0.15) is 19.8 Å². The molecule has 6 nitrogen and oxygen atoms in total. The number of ether oxygens (including phenoxy) is 2. The van der Waals surface area contributed by atoms with Gasteiger partial charge in [0.05, 0.1) is 11.1 Å². The zero-order valence-electron chi connectivity index (χ0n) is 9.93. The van der Waals surface area contributed by atoms with Gasteiger partial charge >= 0.3 is 11.9 Å². The van der Waals surface area contributed by atoms with Crippen LogP contribution in [0.25, 0.3) is 0 Å². The Labute approximate surface area is 104 Å². The van der Waals surface area contributed by atoms with E-state index in [1.807, 2.05) is 6.92 Å². The Morgan fingerprint density at radius 2 is 1.50 bits per heavy atom. The number of hydrogen-bond donors (Lipinski definition) is 2. The van der Waals surface area contributed by atoms with Crippen molar-refractivity contribution >= 4 is 11.9 Å². The van der Waals surface area contributed by atoms with Gasteiger partial charge in [0.25, 0.3) is 0 Å². The summed E-state index contributed by atoms with van der Waals surface area (Å²) >= 11 is 0. The Morgan fingerprint density at radius 1 is 1.06 bits per heavy atom. The fourth-order valence-electron chi connectivity index (χ4n) is 2.22. The van der Waals surface area contributed by atoms with Gasteiger partial charge in [-0.05, 0) is 6.42 Å². The van der Waals surface area contributed by atoms with Crippen LogP contribution < -0.4 is 0 Å². The van der Waals surface area contributed by atoms with E-state index in [0.717, 1.165) is 0 Å². The molecular weight excluding hydrogens is 240 g/mol. The van der Waals surface area contributed by atoms with Crippen LogP contribution in [0, 0.1) is 5.92 Å². The predicted octanol–water partition coefficient (Wildman–Crippen LogP) is 1.14. The van der Waals surface area contributed by atoms with Crippen LogP contribution in [0.15, 0.2) is 22.7 Å². The molecule has 0 spiro atoms. The summed E-state index contributed by atoms with van der Waals surface area (Å²) in [7, 11) is 0. The molecule has 18 heavy (non-hydrogen) atoms. The lowest BCUT2D eigenvalue weighted by atomic mass is 9.86. The highest BCUT2D eigenvalue weighted by molar-refractivity contribution is 5.98. The number of cyclic esters (lactones) is 2. The second-order valence-electron chi connectivity index (χ2n) is 4.21. The molecular formula is C12H14O6. The quantitative estimate of drug-likeness (QED) is 0.731. The first-order valence-corrected chi connectivity index (χ1v) is 5.74. The molecule has 0 amide bonds. The second-order valence-corrected chi connectivity index (χ2v) is 4.21. The minimum Gasteiger partial charge on any atom is -0.508 e. The summed E-state index contributed by atoms with van der Waals surface area (Å²) in [5.41, 5.74) is 0.106. The van der Waals surface area contributed by atoms with Crippen molar-refractivity contribution in [3.63, 3.8) is 0 Å². The summed E-state index contributed by atoms with van der Waals surface area (Å²) in [5.74, 6) is -2.33. The molecule has 2 N–H and O–H groups in total. The van der Waals surface area contributed by atoms with E-state index >= 15 is 0 Å². The number of carbonyl (C=O) groups is 2. The molecule has 2 heterocycles. The van der Waals surface area contributed by atoms with Crippen molar-refractivity contribution in [1.82, 2.24) is 0 Å². The third kappa shape index (κ3) is 1.94. The fraction of sp³-hybridized carbons (Fsp3) is 0.500. The number of aliphatic hydroxyl groups is 2. The van der Waals surface area contributed by atoms with Crippen molar-refractivity contribution in [2.75, 3.05) is 13.2 Å². The molecule has 98 valence electrons. The predicted molar refractivity (Wildman–Crippen MR) is 59.6 cm³/mol. The van der Waals surface area contributed by atoms with Gasteiger partial charge in [0.2, 0.25) is 0 Å². The Bertz CT molecular complexity index is 419. The minimum absolute atomic E-state index is 0.0530. The van der Waals surface area contributed by atoms with Crippen LogP contribution in [0.4, 0.5) is 0 Å². The van der Waals surface area contributed by atoms with E-state index in [-0.39, 0.29) is 35.9 Å². The van der Waals surface area contributed by atoms with Gasteiger partial charge in [-0.1, -0.05) is 13.3 Å². The summed E-state index contributed by atoms with van der Waals surface area (Å²) in [6, 6.07) is 0. The number of rotatable bonds is 4. The van der Waals surface area contributed by atoms with Crippen molar-refractivity contribution in [3.05, 3.63) is 22.7 Å². The van der Waals surface area contributed by atoms with Crippen molar-refractivity contribution in [2.45, 2.75) is 19.8 Å². The molecule has 2 rings (SSSR count). The molecule has 6 heteroatoms. The first kappa shape index (κ1) is 12.5. The van der Waals surface area contributed by atoms with E-state index in [0.29, 0.717) is 12.8 Å². The lowest BCUT2D eigenvalue weighted by Gasteiger charge is -2.15. The van der Waals surface area contributed by atoms with Crippen LogP contribution >= 0.6 is 0 Å². The first-order chi connectivity index (χ1) is 8.56. The molecule has 0 saturated heterocycles. The fourth-order valence-corrected chi connectivity index (χ4v) is 2.22. The van der Waals surface area contributed by atoms with Gasteiger partial charge in [-0.3, -0.25) is 0 Å². The first-order valence-electron chi connectivity index (χ1n) is 5.74. The Kier molecular flexibility index (Phi) is 3.27. The molecule has 0 unspecified atom stereocenters. The maximum atomic E-state index is 11.6. The highest BCUT2D eigenvalue weighted by Gasteiger charge is 2.40. The van der Waals surface area contributed by atoms with E-state index in [9.17, 15) is 19.8 Å². The third-order valence-corrected chi connectivity index (χ3v) is 3.02. The monoisotopic (exact) mass is 254 g/mol. The highest BCUT2D eigenvalue weighted by Crippen LogP contribution is 2.35. The van der Waals surface area contributed by atoms with Crippen LogP contribution in [0.5, 0.6) is 0 Å². The standard InChI is InChI=1S/C12H14O6/c1-2-3-6(9-7(13)4-17-11(9)15)10-8(14)5-18-12(10)16/h6,13-14H,2-5H2,1H3. The number of aliphatic hydroxyl groups excluding tert-OH is 2. The summed E-state index contributed by atoms with van der Waals surface area (Å²) in [5, 5.41) is 19.3. The van der Waals surface area contributed by atoms with E-state index in [1.165, 1.54) is 0 Å². The Balaban J connectivity index is 2.41. The summed E-state index contributed by atoms with van der Waals surface area (Å²) in [4.78, 5) is 23.1. The number of esters is 2. The summed E-state index contributed by atoms with van der Waals surface area (Å²) in [6.45, 7) is 1.51. The van der Waals surface area contributed by atoms with E-state index in [2.05, 4.69) is 0 Å². The highest BCUT2D eigenvalue weighted by atomic mass is 16.6. The largest absolute Gasteiger partial charge is 0.508 e.